The number of halogens is 1. The highest BCUT2D eigenvalue weighted by Crippen LogP contribution is 2.41. The Morgan fingerprint density at radius 2 is 2.18 bits per heavy atom. The number of nitrogens with zero attached hydrogens (tertiary/aromatic N) is 2. The Morgan fingerprint density at radius 1 is 1.32 bits per heavy atom. The maximum absolute atomic E-state index is 6.41. The lowest BCUT2D eigenvalue weighted by molar-refractivity contribution is 0.152. The lowest BCUT2D eigenvalue weighted by Crippen LogP contribution is -2.45. The molecule has 2 fully saturated rings. The summed E-state index contributed by atoms with van der Waals surface area (Å²) in [5.74, 6) is 0.751. The van der Waals surface area contributed by atoms with E-state index in [4.69, 9.17) is 16.6 Å². The molecule has 1 atom stereocenters. The van der Waals surface area contributed by atoms with Crippen LogP contribution in [0.25, 0.3) is 0 Å². The van der Waals surface area contributed by atoms with E-state index in [2.05, 4.69) is 27.7 Å². The molecule has 2 aromatic rings. The smallest absolute Gasteiger partial charge is 0.0959 e. The van der Waals surface area contributed by atoms with E-state index in [1.165, 1.54) is 29.1 Å². The lowest BCUT2D eigenvalue weighted by Gasteiger charge is -2.36. The van der Waals surface area contributed by atoms with E-state index in [0.717, 1.165) is 37.1 Å². The SMILES string of the molecule is Clc1ccccc1C1CNCCN1Cc1csc(C2CC2)n1. The normalized spacial score (nSPS) is 22.9. The molecule has 1 N–H and O–H groups in total. The van der Waals surface area contributed by atoms with Crippen LogP contribution < -0.4 is 5.32 Å². The van der Waals surface area contributed by atoms with Gasteiger partial charge in [-0.1, -0.05) is 29.8 Å². The van der Waals surface area contributed by atoms with Crippen molar-refractivity contribution < 1.29 is 0 Å². The molecule has 5 heteroatoms. The number of nitrogens with one attached hydrogen (secondary N) is 1. The highest BCUT2D eigenvalue weighted by atomic mass is 35.5. The number of hydrogen-bond donors (Lipinski definition) is 1. The molecule has 22 heavy (non-hydrogen) atoms. The molecule has 1 aromatic carbocycles. The fraction of sp³-hybridized carbons (Fsp3) is 0.471. The molecule has 3 nitrogen and oxygen atoms in total. The minimum absolute atomic E-state index is 0.327. The van der Waals surface area contributed by atoms with Crippen molar-refractivity contribution in [1.29, 1.82) is 0 Å². The van der Waals surface area contributed by atoms with Gasteiger partial charge in [0.25, 0.3) is 0 Å². The maximum atomic E-state index is 6.41. The van der Waals surface area contributed by atoms with Crippen LogP contribution in [0.5, 0.6) is 0 Å². The number of benzene rings is 1. The monoisotopic (exact) mass is 333 g/mol. The predicted octanol–water partition coefficient (Wildman–Crippen LogP) is 3.82. The summed E-state index contributed by atoms with van der Waals surface area (Å²) in [6.45, 7) is 3.93. The van der Waals surface area contributed by atoms with E-state index in [1.807, 2.05) is 23.5 Å². The fourth-order valence-corrected chi connectivity index (χ4v) is 4.35. The van der Waals surface area contributed by atoms with Crippen molar-refractivity contribution in [1.82, 2.24) is 15.2 Å². The van der Waals surface area contributed by atoms with Crippen LogP contribution in [-0.2, 0) is 6.54 Å². The number of piperazine rings is 1. The van der Waals surface area contributed by atoms with Crippen molar-refractivity contribution in [2.24, 2.45) is 0 Å². The molecule has 2 aliphatic rings. The Balaban J connectivity index is 1.53. The lowest BCUT2D eigenvalue weighted by atomic mass is 10.0. The summed E-state index contributed by atoms with van der Waals surface area (Å²) < 4.78 is 0. The molecule has 1 saturated carbocycles. The van der Waals surface area contributed by atoms with Crippen molar-refractivity contribution >= 4 is 22.9 Å². The predicted molar refractivity (Wildman–Crippen MR) is 91.6 cm³/mol. The molecule has 1 saturated heterocycles. The Kier molecular flexibility index (Phi) is 4.18. The van der Waals surface area contributed by atoms with Gasteiger partial charge in [0.1, 0.15) is 0 Å². The summed E-state index contributed by atoms with van der Waals surface area (Å²) in [6.07, 6.45) is 2.64. The Hall–Kier alpha value is -0.940. The third kappa shape index (κ3) is 3.06. The molecule has 1 aromatic heterocycles. The quantitative estimate of drug-likeness (QED) is 0.922. The zero-order valence-electron chi connectivity index (χ0n) is 12.5. The van der Waals surface area contributed by atoms with Gasteiger partial charge in [-0.3, -0.25) is 4.90 Å². The third-order valence-corrected chi connectivity index (χ3v) is 5.88. The largest absolute Gasteiger partial charge is 0.314 e. The summed E-state index contributed by atoms with van der Waals surface area (Å²) in [7, 11) is 0. The molecule has 116 valence electrons. The minimum atomic E-state index is 0.327. The summed E-state index contributed by atoms with van der Waals surface area (Å²) in [5.41, 5.74) is 2.43. The molecule has 1 unspecified atom stereocenters. The second-order valence-electron chi connectivity index (χ2n) is 6.16. The van der Waals surface area contributed by atoms with E-state index >= 15 is 0 Å². The van der Waals surface area contributed by atoms with Crippen LogP contribution >= 0.6 is 22.9 Å². The summed E-state index contributed by atoms with van der Waals surface area (Å²) in [5, 5.41) is 7.92. The molecular formula is C17H20ClN3S. The maximum Gasteiger partial charge on any atom is 0.0959 e. The van der Waals surface area contributed by atoms with E-state index < -0.39 is 0 Å². The van der Waals surface area contributed by atoms with Crippen molar-refractivity contribution in [3.63, 3.8) is 0 Å². The zero-order chi connectivity index (χ0) is 14.9. The van der Waals surface area contributed by atoms with Gasteiger partial charge < -0.3 is 5.32 Å². The third-order valence-electron chi connectivity index (χ3n) is 4.48. The minimum Gasteiger partial charge on any atom is -0.314 e. The van der Waals surface area contributed by atoms with Crippen LogP contribution in [0.2, 0.25) is 5.02 Å². The molecule has 0 bridgehead atoms. The highest BCUT2D eigenvalue weighted by Gasteiger charge is 2.29. The van der Waals surface area contributed by atoms with Gasteiger partial charge in [-0.15, -0.1) is 11.3 Å². The van der Waals surface area contributed by atoms with Crippen molar-refractivity contribution in [2.75, 3.05) is 19.6 Å². The number of rotatable bonds is 4. The molecular weight excluding hydrogens is 314 g/mol. The van der Waals surface area contributed by atoms with E-state index in [1.54, 1.807) is 0 Å². The van der Waals surface area contributed by atoms with E-state index in [0.29, 0.717) is 6.04 Å². The topological polar surface area (TPSA) is 28.2 Å². The summed E-state index contributed by atoms with van der Waals surface area (Å²) in [4.78, 5) is 7.34. The van der Waals surface area contributed by atoms with E-state index in [9.17, 15) is 0 Å². The first kappa shape index (κ1) is 14.6. The molecule has 0 amide bonds. The molecule has 1 aliphatic heterocycles. The van der Waals surface area contributed by atoms with Crippen LogP contribution in [0.15, 0.2) is 29.6 Å². The van der Waals surface area contributed by atoms with Gasteiger partial charge in [-0.2, -0.15) is 0 Å². The average Bonchev–Trinajstić information content (AvgIpc) is 3.29. The van der Waals surface area contributed by atoms with Gasteiger partial charge >= 0.3 is 0 Å². The van der Waals surface area contributed by atoms with Crippen molar-refractivity contribution in [2.45, 2.75) is 31.3 Å². The van der Waals surface area contributed by atoms with Crippen LogP contribution in [0, 0.1) is 0 Å². The van der Waals surface area contributed by atoms with Gasteiger partial charge in [0.15, 0.2) is 0 Å². The van der Waals surface area contributed by atoms with Gasteiger partial charge in [0.05, 0.1) is 10.7 Å². The number of thiazole rings is 1. The van der Waals surface area contributed by atoms with Crippen LogP contribution in [0.3, 0.4) is 0 Å². The van der Waals surface area contributed by atoms with Crippen molar-refractivity contribution in [3.8, 4) is 0 Å². The molecule has 2 heterocycles. The molecule has 0 radical (unpaired) electrons. The standard InChI is InChI=1S/C17H20ClN3S/c18-15-4-2-1-3-14(15)16-9-19-7-8-21(16)10-13-11-22-17(20-13)12-5-6-12/h1-4,11-12,16,19H,5-10H2. The van der Waals surface area contributed by atoms with Crippen molar-refractivity contribution in [3.05, 3.63) is 50.9 Å². The molecule has 0 spiro atoms. The number of hydrogen-bond acceptors (Lipinski definition) is 4. The van der Waals surface area contributed by atoms with Crippen LogP contribution in [0.1, 0.15) is 41.1 Å². The number of aromatic nitrogens is 1. The second kappa shape index (κ2) is 6.28. The first-order chi connectivity index (χ1) is 10.8. The first-order valence-electron chi connectivity index (χ1n) is 7.95. The van der Waals surface area contributed by atoms with Gasteiger partial charge in [-0.05, 0) is 24.5 Å². The zero-order valence-corrected chi connectivity index (χ0v) is 14.0. The first-order valence-corrected chi connectivity index (χ1v) is 9.20. The second-order valence-corrected chi connectivity index (χ2v) is 7.46. The fourth-order valence-electron chi connectivity index (χ4n) is 3.11. The van der Waals surface area contributed by atoms with Gasteiger partial charge in [-0.25, -0.2) is 4.98 Å². The van der Waals surface area contributed by atoms with Crippen LogP contribution in [0.4, 0.5) is 0 Å². The van der Waals surface area contributed by atoms with Gasteiger partial charge in [0, 0.05) is 48.5 Å². The van der Waals surface area contributed by atoms with E-state index in [-0.39, 0.29) is 0 Å². The highest BCUT2D eigenvalue weighted by molar-refractivity contribution is 7.09. The summed E-state index contributed by atoms with van der Waals surface area (Å²) >= 11 is 8.24. The Labute approximate surface area is 140 Å². The summed E-state index contributed by atoms with van der Waals surface area (Å²) in [6, 6.07) is 8.52. The Bertz CT molecular complexity index is 653. The molecule has 1 aliphatic carbocycles. The molecule has 4 rings (SSSR count). The average molecular weight is 334 g/mol. The van der Waals surface area contributed by atoms with Gasteiger partial charge in [0.2, 0.25) is 0 Å². The van der Waals surface area contributed by atoms with Crippen LogP contribution in [-0.4, -0.2) is 29.5 Å². The Morgan fingerprint density at radius 3 is 3.00 bits per heavy atom.